The Morgan fingerprint density at radius 1 is 0.635 bits per heavy atom. The Balaban J connectivity index is 4.04. The Morgan fingerprint density at radius 2 is 1.21 bits per heavy atom. The quantitative estimate of drug-likeness (QED) is 0.0525. The highest BCUT2D eigenvalue weighted by molar-refractivity contribution is 7.99. The Morgan fingerprint density at radius 3 is 1.85 bits per heavy atom. The van der Waals surface area contributed by atoms with Gasteiger partial charge >= 0.3 is 11.9 Å². The average Bonchev–Trinajstić information content (AvgIpc) is 3.08. The number of carboxylic acids is 1. The summed E-state index contributed by atoms with van der Waals surface area (Å²) in [7, 11) is 0. The van der Waals surface area contributed by atoms with E-state index in [1.807, 2.05) is 0 Å². The van der Waals surface area contributed by atoms with Crippen molar-refractivity contribution in [1.82, 2.24) is 10.6 Å². The number of aliphatic carboxylic acids is 1. The number of ether oxygens (including phenoxy) is 5. The van der Waals surface area contributed by atoms with Crippen LogP contribution >= 0.6 is 11.8 Å². The van der Waals surface area contributed by atoms with Crippen LogP contribution in [0, 0.1) is 0 Å². The van der Waals surface area contributed by atoms with E-state index in [2.05, 4.69) is 29.3 Å². The number of thioether (sulfide) groups is 1. The Hall–Kier alpha value is -2.26. The fraction of sp³-hybridized carbons (Fsp3) is 0.868. The van der Waals surface area contributed by atoms with Gasteiger partial charge in [-0.05, 0) is 64.4 Å². The number of carboxylic acid groups (broad SMARTS) is 1. The number of ketones is 1. The van der Waals surface area contributed by atoms with Crippen molar-refractivity contribution >= 4 is 41.3 Å². The van der Waals surface area contributed by atoms with Crippen LogP contribution in [0.25, 0.3) is 0 Å². The third-order valence-electron chi connectivity index (χ3n) is 7.59. The summed E-state index contributed by atoms with van der Waals surface area (Å²) in [6.07, 6.45) is 14.7. The van der Waals surface area contributed by atoms with Gasteiger partial charge in [-0.2, -0.15) is 11.8 Å². The monoisotopic (exact) mass is 762 g/mol. The van der Waals surface area contributed by atoms with E-state index in [4.69, 9.17) is 28.8 Å². The normalized spacial score (nSPS) is 12.0. The topological polar surface area (TPSA) is 176 Å². The summed E-state index contributed by atoms with van der Waals surface area (Å²) in [6.45, 7) is 8.82. The highest BCUT2D eigenvalue weighted by Gasteiger charge is 2.27. The van der Waals surface area contributed by atoms with E-state index in [0.29, 0.717) is 19.4 Å². The second kappa shape index (κ2) is 34.5. The summed E-state index contributed by atoms with van der Waals surface area (Å²) >= 11 is 2.05. The Labute approximate surface area is 317 Å². The van der Waals surface area contributed by atoms with Crippen LogP contribution in [0.5, 0.6) is 0 Å². The van der Waals surface area contributed by atoms with Crippen LogP contribution in [-0.2, 0) is 47.7 Å². The zero-order chi connectivity index (χ0) is 38.7. The van der Waals surface area contributed by atoms with Crippen LogP contribution in [0.15, 0.2) is 0 Å². The van der Waals surface area contributed by atoms with Crippen molar-refractivity contribution in [3.63, 3.8) is 0 Å². The molecule has 1 unspecified atom stereocenters. The minimum atomic E-state index is -1.04. The first kappa shape index (κ1) is 49.7. The molecule has 0 spiro atoms. The summed E-state index contributed by atoms with van der Waals surface area (Å²) in [6, 6.07) is -0.873. The Kier molecular flexibility index (Phi) is 33.0. The van der Waals surface area contributed by atoms with Gasteiger partial charge in [0.15, 0.2) is 0 Å². The minimum Gasteiger partial charge on any atom is -0.480 e. The SMILES string of the molecule is CCCCCCCCSCCCCCCCC(=O)NC(CCC(=O)CCCOCCOCC(=O)NCCOCCOCC(=O)O)C(=O)OC(C)(C)C. The number of amides is 2. The fourth-order valence-corrected chi connectivity index (χ4v) is 5.90. The maximum atomic E-state index is 12.8. The van der Waals surface area contributed by atoms with E-state index in [9.17, 15) is 24.0 Å². The standard InChI is InChI=1S/C38H70N2O11S/c1-5-6-7-8-11-14-28-52-29-15-12-9-10-13-18-34(42)40-33(37(46)51-38(2,3)4)20-19-32(41)17-16-22-47-24-26-49-30-35(43)39-21-23-48-25-27-50-31-36(44)45/h33H,5-31H2,1-4H3,(H,39,43)(H,40,42)(H,44,45). The summed E-state index contributed by atoms with van der Waals surface area (Å²) in [5.41, 5.74) is -0.709. The predicted octanol–water partition coefficient (Wildman–Crippen LogP) is 5.64. The first-order valence-corrected chi connectivity index (χ1v) is 20.5. The van der Waals surface area contributed by atoms with E-state index in [1.165, 1.54) is 62.9 Å². The van der Waals surface area contributed by atoms with Crippen molar-refractivity contribution in [3.8, 4) is 0 Å². The molecule has 0 heterocycles. The summed E-state index contributed by atoms with van der Waals surface area (Å²) < 4.78 is 26.3. The van der Waals surface area contributed by atoms with Crippen molar-refractivity contribution in [2.75, 3.05) is 70.9 Å². The molecule has 0 aromatic rings. The van der Waals surface area contributed by atoms with Crippen molar-refractivity contribution in [2.45, 2.75) is 142 Å². The number of hydrogen-bond acceptors (Lipinski definition) is 11. The van der Waals surface area contributed by atoms with Gasteiger partial charge in [0.05, 0.1) is 33.0 Å². The number of carbonyl (C=O) groups is 5. The molecule has 0 bridgehead atoms. The van der Waals surface area contributed by atoms with Gasteiger partial charge in [0.2, 0.25) is 11.8 Å². The molecule has 0 aromatic heterocycles. The van der Waals surface area contributed by atoms with Crippen LogP contribution < -0.4 is 10.6 Å². The second-order valence-electron chi connectivity index (χ2n) is 13.8. The number of nitrogens with one attached hydrogen (secondary N) is 2. The van der Waals surface area contributed by atoms with Crippen molar-refractivity contribution in [1.29, 1.82) is 0 Å². The predicted molar refractivity (Wildman–Crippen MR) is 204 cm³/mol. The summed E-state index contributed by atoms with van der Waals surface area (Å²) in [5.74, 6) is 0.360. The molecule has 3 N–H and O–H groups in total. The lowest BCUT2D eigenvalue weighted by molar-refractivity contribution is -0.159. The van der Waals surface area contributed by atoms with E-state index in [0.717, 1.165) is 19.3 Å². The minimum absolute atomic E-state index is 0.0266. The van der Waals surface area contributed by atoms with E-state index < -0.39 is 23.6 Å². The van der Waals surface area contributed by atoms with Crippen molar-refractivity contribution in [3.05, 3.63) is 0 Å². The molecule has 2 amide bonds. The van der Waals surface area contributed by atoms with Crippen molar-refractivity contribution < 1.29 is 52.8 Å². The van der Waals surface area contributed by atoms with Gasteiger partial charge in [-0.25, -0.2) is 9.59 Å². The molecule has 52 heavy (non-hydrogen) atoms. The van der Waals surface area contributed by atoms with Crippen LogP contribution in [0.3, 0.4) is 0 Å². The molecule has 0 aliphatic rings. The molecule has 13 nitrogen and oxygen atoms in total. The van der Waals surface area contributed by atoms with Gasteiger partial charge in [-0.1, -0.05) is 58.3 Å². The van der Waals surface area contributed by atoms with E-state index >= 15 is 0 Å². The largest absolute Gasteiger partial charge is 0.480 e. The third-order valence-corrected chi connectivity index (χ3v) is 8.74. The third kappa shape index (κ3) is 36.1. The average molecular weight is 763 g/mol. The molecule has 0 aromatic carbocycles. The van der Waals surface area contributed by atoms with Gasteiger partial charge in [-0.3, -0.25) is 14.4 Å². The lowest BCUT2D eigenvalue weighted by Crippen LogP contribution is -2.44. The number of Topliss-reactive ketones (excluding diaryl/α,β-unsaturated/α-hetero) is 1. The van der Waals surface area contributed by atoms with Crippen LogP contribution in [-0.4, -0.2) is 117 Å². The van der Waals surface area contributed by atoms with Crippen LogP contribution in [0.4, 0.5) is 0 Å². The molecule has 0 aliphatic carbocycles. The van der Waals surface area contributed by atoms with E-state index in [1.54, 1.807) is 20.8 Å². The van der Waals surface area contributed by atoms with Gasteiger partial charge in [0, 0.05) is 32.4 Å². The molecule has 0 aliphatic heterocycles. The number of carbonyl (C=O) groups excluding carboxylic acids is 4. The fourth-order valence-electron chi connectivity index (χ4n) is 4.87. The molecule has 1 atom stereocenters. The highest BCUT2D eigenvalue weighted by atomic mass is 32.2. The molecular weight excluding hydrogens is 692 g/mol. The lowest BCUT2D eigenvalue weighted by atomic mass is 10.0. The molecule has 0 fully saturated rings. The zero-order valence-electron chi connectivity index (χ0n) is 32.6. The first-order valence-electron chi connectivity index (χ1n) is 19.4. The lowest BCUT2D eigenvalue weighted by Gasteiger charge is -2.24. The number of esters is 1. The molecule has 0 saturated heterocycles. The number of unbranched alkanes of at least 4 members (excludes halogenated alkanes) is 9. The zero-order valence-corrected chi connectivity index (χ0v) is 33.4. The highest BCUT2D eigenvalue weighted by Crippen LogP contribution is 2.15. The van der Waals surface area contributed by atoms with E-state index in [-0.39, 0.29) is 89.7 Å². The smallest absolute Gasteiger partial charge is 0.329 e. The first-order chi connectivity index (χ1) is 24.9. The van der Waals surface area contributed by atoms with Crippen LogP contribution in [0.1, 0.15) is 130 Å². The van der Waals surface area contributed by atoms with Crippen molar-refractivity contribution in [2.24, 2.45) is 0 Å². The van der Waals surface area contributed by atoms with Gasteiger partial charge in [0.25, 0.3) is 0 Å². The molecule has 0 rings (SSSR count). The molecule has 0 saturated carbocycles. The Bertz CT molecular complexity index is 946. The number of rotatable bonds is 37. The molecule has 0 radical (unpaired) electrons. The van der Waals surface area contributed by atoms with Gasteiger partial charge in [-0.15, -0.1) is 0 Å². The molecule has 304 valence electrons. The molecule has 14 heteroatoms. The van der Waals surface area contributed by atoms with Crippen LogP contribution in [0.2, 0.25) is 0 Å². The van der Waals surface area contributed by atoms with Gasteiger partial charge in [0.1, 0.15) is 30.6 Å². The second-order valence-corrected chi connectivity index (χ2v) is 15.0. The van der Waals surface area contributed by atoms with Gasteiger partial charge < -0.3 is 39.4 Å². The maximum Gasteiger partial charge on any atom is 0.329 e. The molecular formula is C38H70N2O11S. The summed E-state index contributed by atoms with van der Waals surface area (Å²) in [5, 5.41) is 13.9. The summed E-state index contributed by atoms with van der Waals surface area (Å²) in [4.78, 5) is 60.2. The number of hydrogen-bond donors (Lipinski definition) is 3. The maximum absolute atomic E-state index is 12.8.